The molecule has 0 bridgehead atoms. The van der Waals surface area contributed by atoms with Crippen LogP contribution < -0.4 is 5.48 Å². The summed E-state index contributed by atoms with van der Waals surface area (Å²) in [6.07, 6.45) is 0.969. The Labute approximate surface area is 134 Å². The van der Waals surface area contributed by atoms with E-state index in [-0.39, 0.29) is 18.0 Å². The van der Waals surface area contributed by atoms with Crippen molar-refractivity contribution in [2.75, 3.05) is 5.48 Å². The van der Waals surface area contributed by atoms with Gasteiger partial charge in [-0.2, -0.15) is 0 Å². The van der Waals surface area contributed by atoms with Crippen molar-refractivity contribution in [2.24, 2.45) is 0 Å². The minimum atomic E-state index is -1.07. The molecule has 0 radical (unpaired) electrons. The summed E-state index contributed by atoms with van der Waals surface area (Å²) < 4.78 is 0. The Balaban J connectivity index is 2.04. The third kappa shape index (κ3) is 4.66. The van der Waals surface area contributed by atoms with Gasteiger partial charge in [0, 0.05) is 5.56 Å². The van der Waals surface area contributed by atoms with Crippen LogP contribution >= 0.6 is 0 Å². The number of carboxylic acid groups (broad SMARTS) is 1. The first kappa shape index (κ1) is 16.7. The van der Waals surface area contributed by atoms with E-state index < -0.39 is 5.97 Å². The summed E-state index contributed by atoms with van der Waals surface area (Å²) in [5.74, 6) is -1.25. The lowest BCUT2D eigenvalue weighted by Gasteiger charge is -2.09. The Morgan fingerprint density at radius 1 is 1.04 bits per heavy atom. The topological polar surface area (TPSA) is 75.6 Å². The van der Waals surface area contributed by atoms with Crippen LogP contribution in [0.1, 0.15) is 45.7 Å². The third-order valence-corrected chi connectivity index (χ3v) is 3.44. The van der Waals surface area contributed by atoms with Crippen LogP contribution in [0.5, 0.6) is 0 Å². The zero-order valence-electron chi connectivity index (χ0n) is 13.1. The van der Waals surface area contributed by atoms with Gasteiger partial charge in [0.1, 0.15) is 0 Å². The minimum absolute atomic E-state index is 0.0728. The summed E-state index contributed by atoms with van der Waals surface area (Å²) in [5, 5.41) is 9.10. The predicted octanol–water partition coefficient (Wildman–Crippen LogP) is 3.69. The number of rotatable bonds is 7. The van der Waals surface area contributed by atoms with Gasteiger partial charge in [-0.1, -0.05) is 19.1 Å². The van der Waals surface area contributed by atoms with Crippen molar-refractivity contribution >= 4 is 17.4 Å². The van der Waals surface area contributed by atoms with Crippen LogP contribution in [0.2, 0.25) is 0 Å². The maximum atomic E-state index is 11.5. The molecule has 2 aromatic rings. The highest BCUT2D eigenvalue weighted by Crippen LogP contribution is 2.14. The maximum absolute atomic E-state index is 11.5. The molecule has 0 atom stereocenters. The molecule has 0 fully saturated rings. The maximum Gasteiger partial charge on any atom is 0.335 e. The van der Waals surface area contributed by atoms with E-state index in [1.807, 2.05) is 24.3 Å². The summed E-state index contributed by atoms with van der Waals surface area (Å²) >= 11 is 0. The second-order valence-electron chi connectivity index (χ2n) is 5.22. The SMILES string of the molecule is CCc1ccc(NOCc2cc(C(C)=O)cc(C(=O)O)c2)cc1. The van der Waals surface area contributed by atoms with E-state index >= 15 is 0 Å². The number of nitrogens with one attached hydrogen (secondary N) is 1. The first-order valence-electron chi connectivity index (χ1n) is 7.34. The van der Waals surface area contributed by atoms with Gasteiger partial charge in [-0.15, -0.1) is 0 Å². The molecule has 23 heavy (non-hydrogen) atoms. The number of aryl methyl sites for hydroxylation is 1. The summed E-state index contributed by atoms with van der Waals surface area (Å²) in [4.78, 5) is 28.0. The van der Waals surface area contributed by atoms with Gasteiger partial charge in [-0.3, -0.25) is 15.1 Å². The van der Waals surface area contributed by atoms with Gasteiger partial charge >= 0.3 is 5.97 Å². The number of carboxylic acids is 1. The Hall–Kier alpha value is -2.66. The smallest absolute Gasteiger partial charge is 0.335 e. The van der Waals surface area contributed by atoms with Gasteiger partial charge < -0.3 is 5.11 Å². The van der Waals surface area contributed by atoms with E-state index in [0.717, 1.165) is 12.1 Å². The highest BCUT2D eigenvalue weighted by molar-refractivity contribution is 5.97. The minimum Gasteiger partial charge on any atom is -0.478 e. The molecule has 0 unspecified atom stereocenters. The highest BCUT2D eigenvalue weighted by Gasteiger charge is 2.10. The van der Waals surface area contributed by atoms with Crippen LogP contribution in [0, 0.1) is 0 Å². The number of benzene rings is 2. The van der Waals surface area contributed by atoms with Gasteiger partial charge in [0.05, 0.1) is 17.9 Å². The van der Waals surface area contributed by atoms with Crippen molar-refractivity contribution in [1.82, 2.24) is 0 Å². The van der Waals surface area contributed by atoms with Crippen molar-refractivity contribution in [3.63, 3.8) is 0 Å². The van der Waals surface area contributed by atoms with E-state index in [2.05, 4.69) is 12.4 Å². The molecule has 5 heteroatoms. The van der Waals surface area contributed by atoms with E-state index in [0.29, 0.717) is 11.1 Å². The van der Waals surface area contributed by atoms with Crippen LogP contribution in [0.15, 0.2) is 42.5 Å². The monoisotopic (exact) mass is 313 g/mol. The van der Waals surface area contributed by atoms with Crippen molar-refractivity contribution in [2.45, 2.75) is 26.9 Å². The van der Waals surface area contributed by atoms with E-state index in [4.69, 9.17) is 9.94 Å². The molecule has 0 saturated carbocycles. The number of Topliss-reactive ketones (excluding diaryl/α,β-unsaturated/α-hetero) is 1. The number of aromatic carboxylic acids is 1. The number of hydrogen-bond acceptors (Lipinski definition) is 4. The fraction of sp³-hybridized carbons (Fsp3) is 0.222. The molecule has 2 rings (SSSR count). The van der Waals surface area contributed by atoms with E-state index in [9.17, 15) is 9.59 Å². The molecule has 0 amide bonds. The average molecular weight is 313 g/mol. The number of carbonyl (C=O) groups is 2. The molecule has 120 valence electrons. The second-order valence-corrected chi connectivity index (χ2v) is 5.22. The number of ketones is 1. The van der Waals surface area contributed by atoms with E-state index in [1.54, 1.807) is 6.07 Å². The largest absolute Gasteiger partial charge is 0.478 e. The summed E-state index contributed by atoms with van der Waals surface area (Å²) in [7, 11) is 0. The fourth-order valence-corrected chi connectivity index (χ4v) is 2.11. The first-order chi connectivity index (χ1) is 11.0. The lowest BCUT2D eigenvalue weighted by atomic mass is 10.0. The molecule has 0 spiro atoms. The van der Waals surface area contributed by atoms with Gasteiger partial charge in [-0.25, -0.2) is 4.79 Å². The Morgan fingerprint density at radius 3 is 2.26 bits per heavy atom. The lowest BCUT2D eigenvalue weighted by Crippen LogP contribution is -2.06. The van der Waals surface area contributed by atoms with Crippen LogP contribution in [-0.4, -0.2) is 16.9 Å². The fourth-order valence-electron chi connectivity index (χ4n) is 2.11. The molecule has 0 aliphatic rings. The summed E-state index contributed by atoms with van der Waals surface area (Å²) in [6, 6.07) is 12.3. The zero-order chi connectivity index (χ0) is 16.8. The molecular weight excluding hydrogens is 294 g/mol. The van der Waals surface area contributed by atoms with Crippen LogP contribution in [0.3, 0.4) is 0 Å². The second kappa shape index (κ2) is 7.56. The summed E-state index contributed by atoms with van der Waals surface area (Å²) in [6.45, 7) is 3.64. The van der Waals surface area contributed by atoms with Crippen LogP contribution in [-0.2, 0) is 17.9 Å². The molecule has 0 aliphatic heterocycles. The number of hydrogen-bond donors (Lipinski definition) is 2. The number of carbonyl (C=O) groups excluding carboxylic acids is 1. The average Bonchev–Trinajstić information content (AvgIpc) is 2.55. The standard InChI is InChI=1S/C18H19NO4/c1-3-13-4-6-17(7-5-13)19-23-11-14-8-15(12(2)20)10-16(9-14)18(21)22/h4-10,19H,3,11H2,1-2H3,(H,21,22). The van der Waals surface area contributed by atoms with Crippen molar-refractivity contribution < 1.29 is 19.5 Å². The van der Waals surface area contributed by atoms with Crippen LogP contribution in [0.4, 0.5) is 5.69 Å². The van der Waals surface area contributed by atoms with Gasteiger partial charge in [0.15, 0.2) is 5.78 Å². The first-order valence-corrected chi connectivity index (χ1v) is 7.34. The van der Waals surface area contributed by atoms with Crippen molar-refractivity contribution in [3.8, 4) is 0 Å². The van der Waals surface area contributed by atoms with Crippen LogP contribution in [0.25, 0.3) is 0 Å². The Morgan fingerprint density at radius 2 is 1.70 bits per heavy atom. The predicted molar refractivity (Wildman–Crippen MR) is 87.6 cm³/mol. The molecule has 5 nitrogen and oxygen atoms in total. The summed E-state index contributed by atoms with van der Waals surface area (Å²) in [5.41, 5.74) is 5.90. The number of anilines is 1. The van der Waals surface area contributed by atoms with Crippen molar-refractivity contribution in [3.05, 3.63) is 64.7 Å². The van der Waals surface area contributed by atoms with Crippen molar-refractivity contribution in [1.29, 1.82) is 0 Å². The molecule has 0 heterocycles. The molecule has 2 aromatic carbocycles. The lowest BCUT2D eigenvalue weighted by molar-refractivity contribution is 0.0696. The van der Waals surface area contributed by atoms with Gasteiger partial charge in [-0.05, 0) is 54.8 Å². The quantitative estimate of drug-likeness (QED) is 0.602. The third-order valence-electron chi connectivity index (χ3n) is 3.44. The molecular formula is C18H19NO4. The Bertz CT molecular complexity index is 675. The van der Waals surface area contributed by atoms with Gasteiger partial charge in [0.2, 0.25) is 0 Å². The zero-order valence-corrected chi connectivity index (χ0v) is 13.1. The highest BCUT2D eigenvalue weighted by atomic mass is 16.6. The normalized spacial score (nSPS) is 10.3. The van der Waals surface area contributed by atoms with Gasteiger partial charge in [0.25, 0.3) is 0 Å². The molecule has 0 aromatic heterocycles. The molecule has 0 saturated heterocycles. The molecule has 2 N–H and O–H groups in total. The van der Waals surface area contributed by atoms with E-state index in [1.165, 1.54) is 24.6 Å². The Kier molecular flexibility index (Phi) is 5.49. The molecule has 0 aliphatic carbocycles.